The van der Waals surface area contributed by atoms with Crippen LogP contribution in [0.2, 0.25) is 0 Å². The summed E-state index contributed by atoms with van der Waals surface area (Å²) in [6.45, 7) is 1.71. The number of hydrogen-bond donors (Lipinski definition) is 1. The zero-order chi connectivity index (χ0) is 18.0. The quantitative estimate of drug-likeness (QED) is 0.725. The Labute approximate surface area is 145 Å². The monoisotopic (exact) mass is 353 g/mol. The maximum Gasteiger partial charge on any atom is 0.407 e. The lowest BCUT2D eigenvalue weighted by Gasteiger charge is -2.74. The van der Waals surface area contributed by atoms with Crippen LogP contribution < -0.4 is 0 Å². The Morgan fingerprint density at radius 1 is 1.20 bits per heavy atom. The van der Waals surface area contributed by atoms with Crippen LogP contribution in [0.25, 0.3) is 0 Å². The van der Waals surface area contributed by atoms with Crippen molar-refractivity contribution < 1.29 is 29.0 Å². The summed E-state index contributed by atoms with van der Waals surface area (Å²) >= 11 is 0. The normalized spacial score (nSPS) is 37.1. The predicted molar refractivity (Wildman–Crippen MR) is 84.0 cm³/mol. The van der Waals surface area contributed by atoms with Crippen molar-refractivity contribution in [1.29, 1.82) is 0 Å². The maximum absolute atomic E-state index is 12.8. The summed E-state index contributed by atoms with van der Waals surface area (Å²) in [7, 11) is 2.86. The van der Waals surface area contributed by atoms with Crippen LogP contribution in [-0.2, 0) is 14.3 Å². The molecule has 0 spiro atoms. The number of piperazine rings is 1. The molecule has 3 aliphatic carbocycles. The number of nitrogens with zero attached hydrogens (tertiary/aromatic N) is 3. The van der Waals surface area contributed by atoms with E-state index in [0.29, 0.717) is 26.2 Å². The van der Waals surface area contributed by atoms with Crippen LogP contribution in [0.1, 0.15) is 19.3 Å². The number of hydrogen-bond acceptors (Lipinski definition) is 5. The van der Waals surface area contributed by atoms with E-state index in [9.17, 15) is 14.4 Å². The molecule has 5 fully saturated rings. The Balaban J connectivity index is 1.43. The second-order valence-corrected chi connectivity index (χ2v) is 7.72. The van der Waals surface area contributed by atoms with Gasteiger partial charge < -0.3 is 29.3 Å². The number of esters is 1. The van der Waals surface area contributed by atoms with Gasteiger partial charge in [0, 0.05) is 44.2 Å². The zero-order valence-corrected chi connectivity index (χ0v) is 14.4. The Bertz CT molecular complexity index is 618. The van der Waals surface area contributed by atoms with E-state index in [4.69, 9.17) is 14.6 Å². The van der Waals surface area contributed by atoms with Crippen molar-refractivity contribution in [1.82, 2.24) is 14.7 Å². The number of methoxy groups -OCH3 is 2. The fraction of sp³-hybridized carbons (Fsp3) is 0.812. The number of urea groups is 1. The Morgan fingerprint density at radius 3 is 2.44 bits per heavy atom. The van der Waals surface area contributed by atoms with Gasteiger partial charge >= 0.3 is 18.1 Å². The molecule has 9 nitrogen and oxygen atoms in total. The van der Waals surface area contributed by atoms with Gasteiger partial charge in [0.05, 0.1) is 13.2 Å². The molecule has 0 aromatic heterocycles. The molecule has 5 rings (SSSR count). The van der Waals surface area contributed by atoms with Crippen molar-refractivity contribution in [2.45, 2.75) is 36.9 Å². The highest BCUT2D eigenvalue weighted by atomic mass is 16.6. The van der Waals surface area contributed by atoms with Crippen molar-refractivity contribution in [3.63, 3.8) is 0 Å². The Morgan fingerprint density at radius 2 is 1.88 bits per heavy atom. The summed E-state index contributed by atoms with van der Waals surface area (Å²) in [5.74, 6) is -0.363. The minimum absolute atomic E-state index is 0.00428. The molecule has 0 aromatic carbocycles. The van der Waals surface area contributed by atoms with Gasteiger partial charge in [-0.2, -0.15) is 0 Å². The largest absolute Gasteiger partial charge is 0.467 e. The van der Waals surface area contributed by atoms with Gasteiger partial charge in [0.15, 0.2) is 6.10 Å². The second-order valence-electron chi connectivity index (χ2n) is 7.72. The first kappa shape index (κ1) is 16.4. The molecule has 2 heterocycles. The molecule has 1 unspecified atom stereocenters. The van der Waals surface area contributed by atoms with E-state index in [0.717, 1.165) is 19.3 Å². The van der Waals surface area contributed by atoms with Gasteiger partial charge in [0.1, 0.15) is 0 Å². The maximum atomic E-state index is 12.8. The SMILES string of the molecule is COC(=O)C(OC)C12CC(N3C[C@@H]4CN(C(=O)O)CCN4C3=O)(C1)C2. The standard InChI is InChI=1S/C16H23N3O6/c1-24-11(12(20)25-2)15-7-16(8-15,9-15)19-6-10-5-17(14(22)23)3-4-18(10)13(19)21/h10-11H,3-9H2,1-2H3,(H,22,23)/t10-,11?,15?,16?/m0/s1. The summed E-state index contributed by atoms with van der Waals surface area (Å²) in [6.07, 6.45) is 0.700. The molecule has 3 amide bonds. The number of fused-ring (bicyclic) bond motifs is 1. The molecule has 138 valence electrons. The van der Waals surface area contributed by atoms with Gasteiger partial charge in [0.2, 0.25) is 0 Å². The number of carbonyl (C=O) groups excluding carboxylic acids is 2. The smallest absolute Gasteiger partial charge is 0.407 e. The summed E-state index contributed by atoms with van der Waals surface area (Å²) in [4.78, 5) is 40.9. The van der Waals surface area contributed by atoms with Crippen molar-refractivity contribution in [2.75, 3.05) is 40.4 Å². The molecule has 2 saturated heterocycles. The minimum atomic E-state index is -0.934. The van der Waals surface area contributed by atoms with Crippen LogP contribution in [-0.4, -0.2) is 96.0 Å². The summed E-state index contributed by atoms with van der Waals surface area (Å²) < 4.78 is 10.2. The van der Waals surface area contributed by atoms with Crippen LogP contribution in [0.3, 0.4) is 0 Å². The topological polar surface area (TPSA) is 99.6 Å². The zero-order valence-electron chi connectivity index (χ0n) is 14.4. The van der Waals surface area contributed by atoms with E-state index < -0.39 is 12.2 Å². The van der Waals surface area contributed by atoms with Crippen molar-refractivity contribution >= 4 is 18.1 Å². The third kappa shape index (κ3) is 2.08. The molecule has 1 N–H and O–H groups in total. The van der Waals surface area contributed by atoms with Crippen molar-refractivity contribution in [2.24, 2.45) is 5.41 Å². The summed E-state index contributed by atoms with van der Waals surface area (Å²) in [6, 6.07) is -0.0865. The fourth-order valence-electron chi connectivity index (χ4n) is 5.36. The second kappa shape index (κ2) is 5.23. The van der Waals surface area contributed by atoms with Crippen LogP contribution >= 0.6 is 0 Å². The molecule has 0 aromatic rings. The van der Waals surface area contributed by atoms with Gasteiger partial charge in [-0.1, -0.05) is 0 Å². The highest BCUT2D eigenvalue weighted by Gasteiger charge is 2.76. The molecule has 5 aliphatic rings. The first-order valence-corrected chi connectivity index (χ1v) is 8.53. The number of carboxylic acid groups (broad SMARTS) is 1. The number of rotatable bonds is 4. The van der Waals surface area contributed by atoms with Gasteiger partial charge in [0.25, 0.3) is 0 Å². The highest BCUT2D eigenvalue weighted by Crippen LogP contribution is 2.72. The van der Waals surface area contributed by atoms with Gasteiger partial charge in [-0.3, -0.25) is 0 Å². The number of amides is 3. The van der Waals surface area contributed by atoms with Crippen LogP contribution in [0.4, 0.5) is 9.59 Å². The predicted octanol–water partition coefficient (Wildman–Crippen LogP) is 0.197. The third-order valence-electron chi connectivity index (χ3n) is 6.45. The molecule has 9 heteroatoms. The molecule has 2 atom stereocenters. The van der Waals surface area contributed by atoms with E-state index in [1.54, 1.807) is 4.90 Å². The van der Waals surface area contributed by atoms with E-state index in [1.165, 1.54) is 19.1 Å². The number of carbonyl (C=O) groups is 3. The molecular weight excluding hydrogens is 330 g/mol. The fourth-order valence-corrected chi connectivity index (χ4v) is 5.36. The van der Waals surface area contributed by atoms with Crippen molar-refractivity contribution in [3.8, 4) is 0 Å². The molecular formula is C16H23N3O6. The lowest BCUT2D eigenvalue weighted by Crippen LogP contribution is -2.79. The lowest BCUT2D eigenvalue weighted by molar-refractivity contribution is -0.254. The van der Waals surface area contributed by atoms with Crippen molar-refractivity contribution in [3.05, 3.63) is 0 Å². The van der Waals surface area contributed by atoms with Gasteiger partial charge in [-0.05, 0) is 19.3 Å². The number of ether oxygens (including phenoxy) is 2. The molecule has 3 saturated carbocycles. The van der Waals surface area contributed by atoms with Gasteiger partial charge in [-0.25, -0.2) is 14.4 Å². The molecule has 2 aliphatic heterocycles. The van der Waals surface area contributed by atoms with E-state index in [2.05, 4.69) is 0 Å². The van der Waals surface area contributed by atoms with Crippen LogP contribution in [0.5, 0.6) is 0 Å². The van der Waals surface area contributed by atoms with E-state index >= 15 is 0 Å². The first-order valence-electron chi connectivity index (χ1n) is 8.53. The lowest BCUT2D eigenvalue weighted by atomic mass is 9.37. The van der Waals surface area contributed by atoms with E-state index in [-0.39, 0.29) is 29.0 Å². The van der Waals surface area contributed by atoms with Crippen LogP contribution in [0.15, 0.2) is 0 Å². The van der Waals surface area contributed by atoms with Gasteiger partial charge in [-0.15, -0.1) is 0 Å². The van der Waals surface area contributed by atoms with Crippen LogP contribution in [0, 0.1) is 5.41 Å². The van der Waals surface area contributed by atoms with E-state index in [1.807, 2.05) is 4.90 Å². The average molecular weight is 353 g/mol. The summed E-state index contributed by atoms with van der Waals surface area (Å²) in [5, 5.41) is 9.16. The molecule has 2 bridgehead atoms. The third-order valence-corrected chi connectivity index (χ3v) is 6.45. The average Bonchev–Trinajstić information content (AvgIpc) is 2.84. The molecule has 25 heavy (non-hydrogen) atoms. The Hall–Kier alpha value is -2.03. The molecule has 0 radical (unpaired) electrons. The minimum Gasteiger partial charge on any atom is -0.467 e. The first-order chi connectivity index (χ1) is 11.9. The Kier molecular flexibility index (Phi) is 3.44. The highest BCUT2D eigenvalue weighted by molar-refractivity contribution is 5.81. The summed E-state index contributed by atoms with van der Waals surface area (Å²) in [5.41, 5.74) is -0.425.